The van der Waals surface area contributed by atoms with Crippen LogP contribution in [0.15, 0.2) is 96.8 Å². The number of nitrogens with zero attached hydrogens (tertiary/aromatic N) is 1. The number of aromatic amines is 1. The van der Waals surface area contributed by atoms with Gasteiger partial charge in [-0.05, 0) is 74.9 Å². The van der Waals surface area contributed by atoms with Crippen LogP contribution in [0.4, 0.5) is 5.69 Å². The monoisotopic (exact) mass is 844 g/mol. The van der Waals surface area contributed by atoms with E-state index in [0.29, 0.717) is 29.9 Å². The van der Waals surface area contributed by atoms with Gasteiger partial charge >= 0.3 is 8.60 Å². The molecule has 7 nitrogen and oxygen atoms in total. The van der Waals surface area contributed by atoms with Crippen molar-refractivity contribution < 1.29 is 18.5 Å². The zero-order valence-electron chi connectivity index (χ0n) is 23.1. The topological polar surface area (TPSA) is 86.6 Å². The molecular formula is C30H29Br4N2O5P. The van der Waals surface area contributed by atoms with E-state index in [4.69, 9.17) is 13.6 Å². The Morgan fingerprint density at radius 3 is 1.55 bits per heavy atom. The summed E-state index contributed by atoms with van der Waals surface area (Å²) in [5.41, 5.74) is 3.87. The molecule has 42 heavy (non-hydrogen) atoms. The van der Waals surface area contributed by atoms with Crippen LogP contribution in [-0.4, -0.2) is 29.7 Å². The van der Waals surface area contributed by atoms with E-state index >= 15 is 0 Å². The van der Waals surface area contributed by atoms with Gasteiger partial charge in [0.1, 0.15) is 0 Å². The van der Waals surface area contributed by atoms with Crippen LogP contribution in [0.2, 0.25) is 0 Å². The van der Waals surface area contributed by atoms with Crippen molar-refractivity contribution in [1.29, 1.82) is 0 Å². The Labute approximate surface area is 280 Å². The Kier molecular flexibility index (Phi) is 14.6. The number of nitro groups is 1. The number of halogens is 4. The van der Waals surface area contributed by atoms with Crippen LogP contribution in [0.3, 0.4) is 0 Å². The maximum absolute atomic E-state index is 11.0. The predicted molar refractivity (Wildman–Crippen MR) is 187 cm³/mol. The van der Waals surface area contributed by atoms with Crippen LogP contribution in [0.1, 0.15) is 20.8 Å². The zero-order chi connectivity index (χ0) is 30.6. The first-order valence-corrected chi connectivity index (χ1v) is 17.2. The molecule has 0 unspecified atom stereocenters. The summed E-state index contributed by atoms with van der Waals surface area (Å²) in [6, 6.07) is 25.1. The minimum absolute atomic E-state index is 0.0988. The van der Waals surface area contributed by atoms with E-state index in [9.17, 15) is 10.1 Å². The standard InChI is InChI=1S/C12H7Br2NO2.C12H7Br2N.C6H15O3P/c13-9-3-1-8(2-4-9)11-6-5-10(14)7-12(11)15(16)17;13-7-1-3-9-10-4-2-8(14)6-12(10)15-11(9)5-7;1-4-7-10(8-5-2)9-6-3/h1-7H;1-6,15H;4-6H2,1-3H3. The summed E-state index contributed by atoms with van der Waals surface area (Å²) in [6.45, 7) is 7.71. The summed E-state index contributed by atoms with van der Waals surface area (Å²) < 4.78 is 19.3. The third-order valence-corrected chi connectivity index (χ3v) is 8.95. The number of nitrogens with one attached hydrogen (secondary N) is 1. The number of hydrogen-bond donors (Lipinski definition) is 1. The quantitative estimate of drug-likeness (QED) is 0.0955. The van der Waals surface area contributed by atoms with Gasteiger partial charge in [-0.1, -0.05) is 88.0 Å². The first-order chi connectivity index (χ1) is 20.2. The Bertz CT molecular complexity index is 1540. The normalized spacial score (nSPS) is 10.8. The summed E-state index contributed by atoms with van der Waals surface area (Å²) in [5, 5.41) is 13.5. The number of benzene rings is 4. The second-order valence-electron chi connectivity index (χ2n) is 8.41. The molecule has 0 aliphatic heterocycles. The largest absolute Gasteiger partial charge is 0.354 e. The van der Waals surface area contributed by atoms with Gasteiger partial charge in [0.15, 0.2) is 0 Å². The van der Waals surface area contributed by atoms with E-state index in [1.807, 2.05) is 45.0 Å². The first kappa shape index (κ1) is 34.8. The molecule has 0 fully saturated rings. The molecule has 1 aromatic heterocycles. The molecule has 0 aliphatic carbocycles. The fraction of sp³-hybridized carbons (Fsp3) is 0.200. The lowest BCUT2D eigenvalue weighted by molar-refractivity contribution is -0.384. The Hall–Kier alpha value is -1.69. The number of fused-ring (bicyclic) bond motifs is 3. The molecule has 5 rings (SSSR count). The summed E-state index contributed by atoms with van der Waals surface area (Å²) in [7, 11) is -1.06. The highest BCUT2D eigenvalue weighted by atomic mass is 79.9. The maximum Gasteiger partial charge on any atom is 0.332 e. The molecule has 5 aromatic rings. The van der Waals surface area contributed by atoms with E-state index in [0.717, 1.165) is 30.0 Å². The van der Waals surface area contributed by atoms with Gasteiger partial charge in [-0.2, -0.15) is 0 Å². The molecule has 1 heterocycles. The van der Waals surface area contributed by atoms with Gasteiger partial charge in [0.25, 0.3) is 5.69 Å². The molecule has 0 saturated carbocycles. The van der Waals surface area contributed by atoms with Crippen molar-refractivity contribution in [1.82, 2.24) is 4.98 Å². The fourth-order valence-corrected chi connectivity index (χ4v) is 6.00. The number of rotatable bonds is 8. The lowest BCUT2D eigenvalue weighted by atomic mass is 10.0. The van der Waals surface area contributed by atoms with Crippen LogP contribution >= 0.6 is 72.3 Å². The molecule has 0 atom stereocenters. The van der Waals surface area contributed by atoms with Crippen LogP contribution < -0.4 is 0 Å². The van der Waals surface area contributed by atoms with Gasteiger partial charge in [0.05, 0.1) is 30.3 Å². The molecule has 1 N–H and O–H groups in total. The van der Waals surface area contributed by atoms with Crippen LogP contribution in [0.25, 0.3) is 32.9 Å². The van der Waals surface area contributed by atoms with E-state index in [2.05, 4.69) is 105 Å². The van der Waals surface area contributed by atoms with Gasteiger partial charge in [-0.3, -0.25) is 10.1 Å². The Morgan fingerprint density at radius 2 is 1.10 bits per heavy atom. The van der Waals surface area contributed by atoms with Crippen LogP contribution in [-0.2, 0) is 13.6 Å². The van der Waals surface area contributed by atoms with Gasteiger partial charge in [0.2, 0.25) is 0 Å². The van der Waals surface area contributed by atoms with E-state index < -0.39 is 8.60 Å². The number of aromatic nitrogens is 1. The van der Waals surface area contributed by atoms with Gasteiger partial charge in [-0.15, -0.1) is 0 Å². The summed E-state index contributed by atoms with van der Waals surface area (Å²) >= 11 is 13.5. The maximum atomic E-state index is 11.0. The minimum atomic E-state index is -1.06. The van der Waals surface area contributed by atoms with Gasteiger partial charge in [0, 0.05) is 45.8 Å². The molecule has 0 spiro atoms. The third kappa shape index (κ3) is 10.2. The lowest BCUT2D eigenvalue weighted by Gasteiger charge is -2.12. The van der Waals surface area contributed by atoms with Crippen molar-refractivity contribution in [2.75, 3.05) is 19.8 Å². The van der Waals surface area contributed by atoms with Gasteiger partial charge < -0.3 is 18.6 Å². The van der Waals surface area contributed by atoms with Crippen molar-refractivity contribution >= 4 is 99.8 Å². The SMILES string of the molecule is Brc1ccc2c(c1)[nH]c1cc(Br)ccc12.CCOP(OCC)OCC.O=[N+]([O-])c1cc(Br)ccc1-c1ccc(Br)cc1. The van der Waals surface area contributed by atoms with Crippen molar-refractivity contribution in [2.24, 2.45) is 0 Å². The van der Waals surface area contributed by atoms with Crippen molar-refractivity contribution in [2.45, 2.75) is 20.8 Å². The van der Waals surface area contributed by atoms with E-state index in [1.54, 1.807) is 12.1 Å². The molecule has 0 aliphatic rings. The second kappa shape index (κ2) is 17.6. The summed E-state index contributed by atoms with van der Waals surface area (Å²) in [6.07, 6.45) is 0. The van der Waals surface area contributed by atoms with Crippen LogP contribution in [0.5, 0.6) is 0 Å². The van der Waals surface area contributed by atoms with E-state index in [1.165, 1.54) is 16.8 Å². The fourth-order valence-electron chi connectivity index (χ4n) is 3.81. The average molecular weight is 848 g/mol. The van der Waals surface area contributed by atoms with Crippen LogP contribution in [0, 0.1) is 10.1 Å². The molecule has 0 saturated heterocycles. The highest BCUT2D eigenvalue weighted by Gasteiger charge is 2.15. The first-order valence-electron chi connectivity index (χ1n) is 12.9. The van der Waals surface area contributed by atoms with Crippen molar-refractivity contribution in [3.8, 4) is 11.1 Å². The smallest absolute Gasteiger partial charge is 0.332 e. The Morgan fingerprint density at radius 1 is 0.667 bits per heavy atom. The third-order valence-electron chi connectivity index (χ3n) is 5.54. The minimum Gasteiger partial charge on any atom is -0.354 e. The van der Waals surface area contributed by atoms with Crippen molar-refractivity contribution in [3.63, 3.8) is 0 Å². The molecule has 0 bridgehead atoms. The summed E-state index contributed by atoms with van der Waals surface area (Å²) in [4.78, 5) is 14.0. The average Bonchev–Trinajstić information content (AvgIpc) is 3.31. The lowest BCUT2D eigenvalue weighted by Crippen LogP contribution is -1.94. The molecule has 0 amide bonds. The molecular weight excluding hydrogens is 819 g/mol. The van der Waals surface area contributed by atoms with Crippen molar-refractivity contribution in [3.05, 3.63) is 107 Å². The van der Waals surface area contributed by atoms with E-state index in [-0.39, 0.29) is 10.6 Å². The molecule has 0 radical (unpaired) electrons. The zero-order valence-corrected chi connectivity index (χ0v) is 30.3. The molecule has 12 heteroatoms. The molecule has 222 valence electrons. The number of H-pyrrole nitrogens is 1. The summed E-state index contributed by atoms with van der Waals surface area (Å²) in [5.74, 6) is 0. The predicted octanol–water partition coefficient (Wildman–Crippen LogP) is 12.0. The highest BCUT2D eigenvalue weighted by Crippen LogP contribution is 2.38. The van der Waals surface area contributed by atoms with Gasteiger partial charge in [-0.25, -0.2) is 0 Å². The Balaban J connectivity index is 0.000000179. The number of hydrogen-bond acceptors (Lipinski definition) is 5. The number of nitro benzene ring substituents is 1. The molecule has 4 aromatic carbocycles. The highest BCUT2D eigenvalue weighted by molar-refractivity contribution is 9.11. The second-order valence-corrected chi connectivity index (χ2v) is 13.3.